The number of phenols is 1. The Bertz CT molecular complexity index is 850. The van der Waals surface area contributed by atoms with E-state index >= 15 is 0 Å². The number of nitrogens with two attached hydrogens (primary N) is 1. The maximum atomic E-state index is 10.1. The van der Waals surface area contributed by atoms with Crippen LogP contribution in [0.2, 0.25) is 0 Å². The second-order valence-corrected chi connectivity index (χ2v) is 4.36. The van der Waals surface area contributed by atoms with E-state index in [0.717, 1.165) is 10.8 Å². The van der Waals surface area contributed by atoms with Gasteiger partial charge in [-0.15, -0.1) is 16.6 Å². The van der Waals surface area contributed by atoms with Crippen LogP contribution in [0.25, 0.3) is 22.0 Å². The summed E-state index contributed by atoms with van der Waals surface area (Å²) in [6, 6.07) is 12.5. The van der Waals surface area contributed by atoms with Gasteiger partial charge in [0, 0.05) is 21.9 Å². The quantitative estimate of drug-likeness (QED) is 0.660. The monoisotopic (exact) mass is 261 g/mol. The average molecular weight is 261 g/mol. The van der Waals surface area contributed by atoms with Crippen LogP contribution in [0, 0.1) is 12.3 Å². The molecular weight excluding hydrogens is 250 g/mol. The van der Waals surface area contributed by atoms with E-state index in [-0.39, 0.29) is 5.75 Å². The molecule has 0 bridgehead atoms. The van der Waals surface area contributed by atoms with Crippen LogP contribution in [0.15, 0.2) is 42.5 Å². The molecule has 0 radical (unpaired) electrons. The van der Waals surface area contributed by atoms with E-state index in [4.69, 9.17) is 12.2 Å². The Morgan fingerprint density at radius 3 is 2.50 bits per heavy atom. The third kappa shape index (κ3) is 1.82. The van der Waals surface area contributed by atoms with Crippen molar-refractivity contribution in [3.05, 3.63) is 48.0 Å². The summed E-state index contributed by atoms with van der Waals surface area (Å²) in [7, 11) is 0. The summed E-state index contributed by atoms with van der Waals surface area (Å²) in [6.07, 6.45) is 5.31. The Hall–Kier alpha value is -3.06. The lowest BCUT2D eigenvalue weighted by Gasteiger charge is -2.08. The molecule has 0 fully saturated rings. The number of fused-ring (bicyclic) bond motifs is 1. The first kappa shape index (κ1) is 12.0. The third-order valence-electron chi connectivity index (χ3n) is 3.14. The summed E-state index contributed by atoms with van der Waals surface area (Å²) in [6.45, 7) is 0. The van der Waals surface area contributed by atoms with E-state index in [1.54, 1.807) is 12.1 Å². The average Bonchev–Trinajstić information content (AvgIpc) is 2.48. The summed E-state index contributed by atoms with van der Waals surface area (Å²) in [4.78, 5) is 0. The molecule has 1 heterocycles. The highest BCUT2D eigenvalue weighted by molar-refractivity contribution is 6.00. The first-order valence-corrected chi connectivity index (χ1v) is 6.01. The fourth-order valence-electron chi connectivity index (χ4n) is 2.15. The Balaban J connectivity index is 2.31. The van der Waals surface area contributed by atoms with Gasteiger partial charge in [0.15, 0.2) is 5.82 Å². The van der Waals surface area contributed by atoms with Crippen molar-refractivity contribution in [2.24, 2.45) is 0 Å². The van der Waals surface area contributed by atoms with Crippen LogP contribution < -0.4 is 5.73 Å². The van der Waals surface area contributed by atoms with Crippen molar-refractivity contribution >= 4 is 16.6 Å². The highest BCUT2D eigenvalue weighted by Crippen LogP contribution is 2.34. The normalized spacial score (nSPS) is 10.3. The maximum absolute atomic E-state index is 10.1. The molecule has 0 spiro atoms. The van der Waals surface area contributed by atoms with Crippen molar-refractivity contribution in [1.82, 2.24) is 10.2 Å². The standard InChI is InChI=1S/C16H11N3O/c1-2-10-7-8-13(14(20)9-10)15-11-5-3-4-6-12(11)16(17)19-18-15/h1,3-9,20H,(H2,17,19). The number of aromatic hydroxyl groups is 1. The number of rotatable bonds is 1. The van der Waals surface area contributed by atoms with Crippen LogP contribution in [-0.4, -0.2) is 15.3 Å². The first-order valence-electron chi connectivity index (χ1n) is 6.01. The van der Waals surface area contributed by atoms with E-state index in [0.29, 0.717) is 22.6 Å². The molecule has 0 saturated carbocycles. The second-order valence-electron chi connectivity index (χ2n) is 4.36. The van der Waals surface area contributed by atoms with Gasteiger partial charge in [0.25, 0.3) is 0 Å². The molecule has 3 aromatic rings. The molecule has 4 nitrogen and oxygen atoms in total. The number of aromatic nitrogens is 2. The largest absolute Gasteiger partial charge is 0.507 e. The van der Waals surface area contributed by atoms with Crippen molar-refractivity contribution in [2.45, 2.75) is 0 Å². The van der Waals surface area contributed by atoms with Gasteiger partial charge in [0.05, 0.1) is 0 Å². The molecule has 4 heteroatoms. The van der Waals surface area contributed by atoms with Crippen molar-refractivity contribution < 1.29 is 5.11 Å². The van der Waals surface area contributed by atoms with Gasteiger partial charge in [0.2, 0.25) is 0 Å². The molecule has 0 aliphatic heterocycles. The Labute approximate surface area is 115 Å². The number of nitrogens with zero attached hydrogens (tertiary/aromatic N) is 2. The van der Waals surface area contributed by atoms with E-state index in [1.165, 1.54) is 6.07 Å². The summed E-state index contributed by atoms with van der Waals surface area (Å²) >= 11 is 0. The van der Waals surface area contributed by atoms with Crippen LogP contribution in [0.1, 0.15) is 5.56 Å². The molecule has 2 aromatic carbocycles. The molecule has 0 saturated heterocycles. The van der Waals surface area contributed by atoms with Crippen LogP contribution >= 0.6 is 0 Å². The van der Waals surface area contributed by atoms with Gasteiger partial charge in [-0.05, 0) is 18.2 Å². The first-order chi connectivity index (χ1) is 9.70. The van der Waals surface area contributed by atoms with E-state index < -0.39 is 0 Å². The third-order valence-corrected chi connectivity index (χ3v) is 3.14. The zero-order valence-corrected chi connectivity index (χ0v) is 10.5. The van der Waals surface area contributed by atoms with E-state index in [1.807, 2.05) is 24.3 Å². The van der Waals surface area contributed by atoms with Crippen molar-refractivity contribution in [3.63, 3.8) is 0 Å². The number of hydrogen-bond donors (Lipinski definition) is 2. The minimum atomic E-state index is 0.0738. The van der Waals surface area contributed by atoms with Crippen LogP contribution in [0.4, 0.5) is 5.82 Å². The predicted octanol–water partition coefficient (Wildman–Crippen LogP) is 2.57. The summed E-state index contributed by atoms with van der Waals surface area (Å²) < 4.78 is 0. The summed E-state index contributed by atoms with van der Waals surface area (Å²) in [5.41, 5.74) is 7.59. The molecule has 20 heavy (non-hydrogen) atoms. The Morgan fingerprint density at radius 1 is 1.05 bits per heavy atom. The number of benzene rings is 2. The fraction of sp³-hybridized carbons (Fsp3) is 0. The molecule has 96 valence electrons. The van der Waals surface area contributed by atoms with Gasteiger partial charge in [-0.1, -0.05) is 30.2 Å². The number of terminal acetylenes is 1. The van der Waals surface area contributed by atoms with Crippen molar-refractivity contribution in [1.29, 1.82) is 0 Å². The smallest absolute Gasteiger partial charge is 0.154 e. The maximum Gasteiger partial charge on any atom is 0.154 e. The van der Waals surface area contributed by atoms with Gasteiger partial charge in [-0.2, -0.15) is 0 Å². The zero-order valence-electron chi connectivity index (χ0n) is 10.5. The van der Waals surface area contributed by atoms with Crippen LogP contribution in [0.3, 0.4) is 0 Å². The SMILES string of the molecule is C#Cc1ccc(-c2nnc(N)c3ccccc23)c(O)c1. The lowest BCUT2D eigenvalue weighted by atomic mass is 10.0. The number of phenolic OH excluding ortho intramolecular Hbond substituents is 1. The zero-order chi connectivity index (χ0) is 14.1. The molecule has 0 atom stereocenters. The Kier molecular flexibility index (Phi) is 2.73. The lowest BCUT2D eigenvalue weighted by Crippen LogP contribution is -1.97. The van der Waals surface area contributed by atoms with Gasteiger partial charge in [-0.25, -0.2) is 0 Å². The molecule has 0 aliphatic carbocycles. The Morgan fingerprint density at radius 2 is 1.80 bits per heavy atom. The molecule has 0 amide bonds. The van der Waals surface area contributed by atoms with Crippen LogP contribution in [0.5, 0.6) is 5.75 Å². The molecule has 0 unspecified atom stereocenters. The lowest BCUT2D eigenvalue weighted by molar-refractivity contribution is 0.477. The minimum Gasteiger partial charge on any atom is -0.507 e. The predicted molar refractivity (Wildman–Crippen MR) is 79.0 cm³/mol. The topological polar surface area (TPSA) is 72.0 Å². The number of nitrogen functional groups attached to an aromatic ring is 1. The minimum absolute atomic E-state index is 0.0738. The highest BCUT2D eigenvalue weighted by Gasteiger charge is 2.12. The van der Waals surface area contributed by atoms with Crippen molar-refractivity contribution in [2.75, 3.05) is 5.73 Å². The van der Waals surface area contributed by atoms with Gasteiger partial charge >= 0.3 is 0 Å². The number of hydrogen-bond acceptors (Lipinski definition) is 4. The molecule has 1 aromatic heterocycles. The summed E-state index contributed by atoms with van der Waals surface area (Å²) in [5, 5.41) is 19.8. The molecular formula is C16H11N3O. The second kappa shape index (κ2) is 4.56. The molecule has 3 N–H and O–H groups in total. The van der Waals surface area contributed by atoms with E-state index in [9.17, 15) is 5.11 Å². The highest BCUT2D eigenvalue weighted by atomic mass is 16.3. The van der Waals surface area contributed by atoms with Crippen molar-refractivity contribution in [3.8, 4) is 29.4 Å². The van der Waals surface area contributed by atoms with Crippen LogP contribution in [-0.2, 0) is 0 Å². The summed E-state index contributed by atoms with van der Waals surface area (Å²) in [5.74, 6) is 2.92. The number of anilines is 1. The van der Waals surface area contributed by atoms with E-state index in [2.05, 4.69) is 16.1 Å². The van der Waals surface area contributed by atoms with Gasteiger partial charge < -0.3 is 10.8 Å². The van der Waals surface area contributed by atoms with Gasteiger partial charge in [-0.3, -0.25) is 0 Å². The molecule has 0 aliphatic rings. The van der Waals surface area contributed by atoms with Gasteiger partial charge in [0.1, 0.15) is 11.4 Å². The molecule has 3 rings (SSSR count). The fourth-order valence-corrected chi connectivity index (χ4v) is 2.15.